The minimum Gasteiger partial charge on any atom is -0.378 e. The van der Waals surface area contributed by atoms with E-state index in [0.29, 0.717) is 6.10 Å². The lowest BCUT2D eigenvalue weighted by Crippen LogP contribution is -2.32. The van der Waals surface area contributed by atoms with Gasteiger partial charge in [-0.25, -0.2) is 0 Å². The van der Waals surface area contributed by atoms with Gasteiger partial charge < -0.3 is 10.1 Å². The molecule has 1 N–H and O–H groups in total. The van der Waals surface area contributed by atoms with Crippen molar-refractivity contribution in [2.45, 2.75) is 31.8 Å². The Kier molecular flexibility index (Phi) is 2.44. The van der Waals surface area contributed by atoms with Crippen LogP contribution in [0.15, 0.2) is 0 Å². The van der Waals surface area contributed by atoms with Crippen molar-refractivity contribution in [3.63, 3.8) is 0 Å². The van der Waals surface area contributed by atoms with Crippen LogP contribution in [-0.2, 0) is 4.74 Å². The Bertz CT molecular complexity index is 117. The maximum Gasteiger partial charge on any atom is 0.0577 e. The summed E-state index contributed by atoms with van der Waals surface area (Å²) < 4.78 is 5.65. The zero-order valence-corrected chi connectivity index (χ0v) is 7.01. The molecule has 1 saturated carbocycles. The Balaban J connectivity index is 1.59. The van der Waals surface area contributed by atoms with Crippen molar-refractivity contribution in [3.05, 3.63) is 0 Å². The topological polar surface area (TPSA) is 21.3 Å². The standard InChI is InChI=1S/C9H17NO/c1-2-8(6-10-5-1)7-11-9-3-4-9/h8-10H,1-7H2. The van der Waals surface area contributed by atoms with Crippen molar-refractivity contribution in [2.75, 3.05) is 19.7 Å². The van der Waals surface area contributed by atoms with Crippen LogP contribution in [0, 0.1) is 5.92 Å². The van der Waals surface area contributed by atoms with E-state index >= 15 is 0 Å². The normalized spacial score (nSPS) is 32.2. The van der Waals surface area contributed by atoms with Crippen molar-refractivity contribution in [1.29, 1.82) is 0 Å². The maximum absolute atomic E-state index is 5.65. The van der Waals surface area contributed by atoms with E-state index in [1.165, 1.54) is 38.8 Å². The molecule has 0 spiro atoms. The van der Waals surface area contributed by atoms with Crippen molar-refractivity contribution < 1.29 is 4.74 Å². The lowest BCUT2D eigenvalue weighted by molar-refractivity contribution is 0.0775. The van der Waals surface area contributed by atoms with Crippen LogP contribution in [0.25, 0.3) is 0 Å². The Hall–Kier alpha value is -0.0800. The lowest BCUT2D eigenvalue weighted by Gasteiger charge is -2.22. The van der Waals surface area contributed by atoms with Gasteiger partial charge in [0.2, 0.25) is 0 Å². The molecule has 1 unspecified atom stereocenters. The van der Waals surface area contributed by atoms with Gasteiger partial charge in [0, 0.05) is 6.54 Å². The predicted octanol–water partition coefficient (Wildman–Crippen LogP) is 1.16. The quantitative estimate of drug-likeness (QED) is 0.660. The average molecular weight is 155 g/mol. The zero-order chi connectivity index (χ0) is 7.52. The molecule has 0 bridgehead atoms. The van der Waals surface area contributed by atoms with Crippen LogP contribution in [0.3, 0.4) is 0 Å². The average Bonchev–Trinajstić information content (AvgIpc) is 2.86. The first-order chi connectivity index (χ1) is 5.45. The summed E-state index contributed by atoms with van der Waals surface area (Å²) in [7, 11) is 0. The van der Waals surface area contributed by atoms with Gasteiger partial charge in [0.1, 0.15) is 0 Å². The van der Waals surface area contributed by atoms with Gasteiger partial charge in [0.05, 0.1) is 12.7 Å². The number of hydrogen-bond donors (Lipinski definition) is 1. The highest BCUT2D eigenvalue weighted by Crippen LogP contribution is 2.24. The van der Waals surface area contributed by atoms with E-state index in [-0.39, 0.29) is 0 Å². The molecule has 0 aromatic heterocycles. The first-order valence-electron chi connectivity index (χ1n) is 4.77. The van der Waals surface area contributed by atoms with Crippen molar-refractivity contribution in [2.24, 2.45) is 5.92 Å². The van der Waals surface area contributed by atoms with Crippen LogP contribution in [0.4, 0.5) is 0 Å². The Morgan fingerprint density at radius 1 is 1.27 bits per heavy atom. The van der Waals surface area contributed by atoms with Crippen LogP contribution < -0.4 is 5.32 Å². The van der Waals surface area contributed by atoms with E-state index < -0.39 is 0 Å². The molecular weight excluding hydrogens is 138 g/mol. The second kappa shape index (κ2) is 3.55. The molecule has 0 amide bonds. The maximum atomic E-state index is 5.65. The minimum atomic E-state index is 0.636. The third-order valence-electron chi connectivity index (χ3n) is 2.49. The van der Waals surface area contributed by atoms with Crippen molar-refractivity contribution in [3.8, 4) is 0 Å². The molecule has 2 heteroatoms. The van der Waals surface area contributed by atoms with Crippen molar-refractivity contribution in [1.82, 2.24) is 5.32 Å². The highest BCUT2D eigenvalue weighted by atomic mass is 16.5. The van der Waals surface area contributed by atoms with Crippen LogP contribution in [0.2, 0.25) is 0 Å². The zero-order valence-electron chi connectivity index (χ0n) is 7.01. The summed E-state index contributed by atoms with van der Waals surface area (Å²) in [6.45, 7) is 3.38. The fraction of sp³-hybridized carbons (Fsp3) is 1.00. The van der Waals surface area contributed by atoms with Gasteiger partial charge in [-0.3, -0.25) is 0 Å². The van der Waals surface area contributed by atoms with Gasteiger partial charge in [0.15, 0.2) is 0 Å². The van der Waals surface area contributed by atoms with Crippen LogP contribution in [0.1, 0.15) is 25.7 Å². The fourth-order valence-electron chi connectivity index (χ4n) is 1.57. The molecule has 1 heterocycles. The summed E-state index contributed by atoms with van der Waals surface area (Å²) >= 11 is 0. The molecule has 2 nitrogen and oxygen atoms in total. The molecule has 1 aliphatic carbocycles. The fourth-order valence-corrected chi connectivity index (χ4v) is 1.57. The molecule has 0 radical (unpaired) electrons. The van der Waals surface area contributed by atoms with Crippen LogP contribution in [-0.4, -0.2) is 25.8 Å². The third-order valence-corrected chi connectivity index (χ3v) is 2.49. The molecule has 1 atom stereocenters. The molecule has 11 heavy (non-hydrogen) atoms. The molecule has 1 saturated heterocycles. The van der Waals surface area contributed by atoms with E-state index in [9.17, 15) is 0 Å². The number of rotatable bonds is 3. The third kappa shape index (κ3) is 2.46. The first-order valence-corrected chi connectivity index (χ1v) is 4.77. The number of piperidine rings is 1. The van der Waals surface area contributed by atoms with Gasteiger partial charge in [-0.2, -0.15) is 0 Å². The molecule has 2 rings (SSSR count). The highest BCUT2D eigenvalue weighted by Gasteiger charge is 2.23. The Morgan fingerprint density at radius 2 is 2.18 bits per heavy atom. The highest BCUT2D eigenvalue weighted by molar-refractivity contribution is 4.75. The first kappa shape index (κ1) is 7.56. The van der Waals surface area contributed by atoms with Gasteiger partial charge in [0.25, 0.3) is 0 Å². The van der Waals surface area contributed by atoms with E-state index in [1.54, 1.807) is 0 Å². The molecule has 2 fully saturated rings. The van der Waals surface area contributed by atoms with E-state index in [2.05, 4.69) is 5.32 Å². The van der Waals surface area contributed by atoms with Crippen molar-refractivity contribution >= 4 is 0 Å². The second-order valence-electron chi connectivity index (χ2n) is 3.75. The van der Waals surface area contributed by atoms with Gasteiger partial charge in [-0.1, -0.05) is 0 Å². The number of hydrogen-bond acceptors (Lipinski definition) is 2. The van der Waals surface area contributed by atoms with E-state index in [1.807, 2.05) is 0 Å². The largest absolute Gasteiger partial charge is 0.378 e. The molecule has 0 aromatic carbocycles. The van der Waals surface area contributed by atoms with Crippen LogP contribution >= 0.6 is 0 Å². The summed E-state index contributed by atoms with van der Waals surface area (Å²) in [4.78, 5) is 0. The smallest absolute Gasteiger partial charge is 0.0577 e. The summed E-state index contributed by atoms with van der Waals surface area (Å²) in [6.07, 6.45) is 5.94. The van der Waals surface area contributed by atoms with Gasteiger partial charge >= 0.3 is 0 Å². The van der Waals surface area contributed by atoms with E-state index in [4.69, 9.17) is 4.74 Å². The van der Waals surface area contributed by atoms with Gasteiger partial charge in [-0.15, -0.1) is 0 Å². The SMILES string of the molecule is C1CNCC(COC2CC2)C1. The lowest BCUT2D eigenvalue weighted by atomic mass is 10.0. The number of nitrogens with one attached hydrogen (secondary N) is 1. The number of ether oxygens (including phenoxy) is 1. The molecule has 1 aliphatic heterocycles. The summed E-state index contributed by atoms with van der Waals surface area (Å²) in [5.74, 6) is 0.796. The molecule has 2 aliphatic rings. The van der Waals surface area contributed by atoms with E-state index in [0.717, 1.165) is 12.5 Å². The molecule has 0 aromatic rings. The minimum absolute atomic E-state index is 0.636. The molecule has 64 valence electrons. The summed E-state index contributed by atoms with van der Waals surface area (Å²) in [5, 5.41) is 3.40. The predicted molar refractivity (Wildman–Crippen MR) is 44.6 cm³/mol. The molecular formula is C9H17NO. The summed E-state index contributed by atoms with van der Waals surface area (Å²) in [5.41, 5.74) is 0. The summed E-state index contributed by atoms with van der Waals surface area (Å²) in [6, 6.07) is 0. The Labute approximate surface area is 68.3 Å². The van der Waals surface area contributed by atoms with Gasteiger partial charge in [-0.05, 0) is 38.1 Å². The monoisotopic (exact) mass is 155 g/mol. The Morgan fingerprint density at radius 3 is 2.82 bits per heavy atom. The second-order valence-corrected chi connectivity index (χ2v) is 3.75. The van der Waals surface area contributed by atoms with Crippen LogP contribution in [0.5, 0.6) is 0 Å².